The molecule has 47 heavy (non-hydrogen) atoms. The largest absolute Gasteiger partial charge is 0.416 e. The number of alkyl halides is 3. The molecule has 238 valence electrons. The number of carbonyl (C=O) groups is 2. The molecule has 1 fully saturated rings. The summed E-state index contributed by atoms with van der Waals surface area (Å²) in [4.78, 5) is 35.4. The van der Waals surface area contributed by atoms with E-state index in [2.05, 4.69) is 20.4 Å². The fourth-order valence-corrected chi connectivity index (χ4v) is 5.73. The van der Waals surface area contributed by atoms with Gasteiger partial charge >= 0.3 is 12.2 Å². The van der Waals surface area contributed by atoms with Gasteiger partial charge in [-0.15, -0.1) is 5.10 Å². The Hall–Kier alpha value is -5.37. The lowest BCUT2D eigenvalue weighted by Crippen LogP contribution is -2.31. The smallest absolute Gasteiger partial charge is 0.303 e. The number of nitrogens with zero attached hydrogens (tertiary/aromatic N) is 5. The molecule has 14 heteroatoms. The molecule has 2 heterocycles. The third-order valence-corrected chi connectivity index (χ3v) is 8.13. The van der Waals surface area contributed by atoms with Crippen LogP contribution in [0.5, 0.6) is 0 Å². The summed E-state index contributed by atoms with van der Waals surface area (Å²) < 4.78 is 69.4. The number of hydrogen-bond acceptors (Lipinski definition) is 5. The van der Waals surface area contributed by atoms with E-state index in [0.29, 0.717) is 22.5 Å². The number of nitrogens with one attached hydrogen (secondary N) is 1. The minimum absolute atomic E-state index is 0.0222. The van der Waals surface area contributed by atoms with E-state index in [1.54, 1.807) is 30.3 Å². The van der Waals surface area contributed by atoms with Crippen LogP contribution in [0.1, 0.15) is 22.3 Å². The van der Waals surface area contributed by atoms with Crippen LogP contribution in [0.3, 0.4) is 0 Å². The Labute approximate surface area is 269 Å². The second-order valence-corrected chi connectivity index (χ2v) is 11.4. The number of carbonyl (C=O) groups excluding carboxylic acids is 2. The van der Waals surface area contributed by atoms with Crippen molar-refractivity contribution in [2.45, 2.75) is 19.5 Å². The molecule has 1 aromatic heterocycles. The van der Waals surface area contributed by atoms with Gasteiger partial charge in [-0.1, -0.05) is 42.1 Å². The Morgan fingerprint density at radius 3 is 2.45 bits per heavy atom. The lowest BCUT2D eigenvalue weighted by atomic mass is 10.0. The van der Waals surface area contributed by atoms with Crippen LogP contribution < -0.4 is 10.2 Å². The van der Waals surface area contributed by atoms with Gasteiger partial charge in [0.2, 0.25) is 5.91 Å². The Morgan fingerprint density at radius 1 is 0.957 bits per heavy atom. The summed E-state index contributed by atoms with van der Waals surface area (Å²) in [5.74, 6) is -1.40. The number of amidine groups is 1. The zero-order valence-corrected chi connectivity index (χ0v) is 25.2. The topological polar surface area (TPSA) is 92.5 Å². The van der Waals surface area contributed by atoms with E-state index in [-0.39, 0.29) is 46.1 Å². The molecule has 5 aromatic rings. The molecule has 1 aliphatic rings. The summed E-state index contributed by atoms with van der Waals surface area (Å²) in [5, 5.41) is 6.69. The van der Waals surface area contributed by atoms with Crippen molar-refractivity contribution in [2.75, 3.05) is 16.0 Å². The molecule has 3 amide bonds. The number of halogens is 5. The first-order valence-corrected chi connectivity index (χ1v) is 15.0. The van der Waals surface area contributed by atoms with Crippen LogP contribution in [0.4, 0.5) is 38.1 Å². The maximum Gasteiger partial charge on any atom is 0.416 e. The van der Waals surface area contributed by atoms with Gasteiger partial charge in [-0.2, -0.15) is 18.2 Å². The number of anilines is 2. The van der Waals surface area contributed by atoms with Gasteiger partial charge in [0.25, 0.3) is 0 Å². The van der Waals surface area contributed by atoms with Crippen LogP contribution in [0.2, 0.25) is 0 Å². The van der Waals surface area contributed by atoms with Gasteiger partial charge in [0.1, 0.15) is 18.0 Å². The molecular weight excluding hydrogens is 639 g/mol. The lowest BCUT2D eigenvalue weighted by molar-refractivity contribution is -0.137. The number of aliphatic imine (C=N–C) groups is 1. The number of rotatable bonds is 6. The number of aromatic nitrogens is 3. The van der Waals surface area contributed by atoms with Crippen LogP contribution >= 0.6 is 11.8 Å². The molecule has 8 nitrogen and oxygen atoms in total. The molecule has 0 spiro atoms. The lowest BCUT2D eigenvalue weighted by Gasteiger charge is -2.21. The average Bonchev–Trinajstić information content (AvgIpc) is 3.67. The van der Waals surface area contributed by atoms with Crippen molar-refractivity contribution in [3.05, 3.63) is 125 Å². The maximum atomic E-state index is 15.1. The maximum absolute atomic E-state index is 15.1. The van der Waals surface area contributed by atoms with Crippen LogP contribution in [0.15, 0.2) is 96.2 Å². The molecule has 6 rings (SSSR count). The van der Waals surface area contributed by atoms with Crippen molar-refractivity contribution >= 4 is 40.2 Å². The fraction of sp³-hybridized carbons (Fsp3) is 0.121. The fourth-order valence-electron chi connectivity index (χ4n) is 4.87. The van der Waals surface area contributed by atoms with Crippen molar-refractivity contribution in [2.24, 2.45) is 4.99 Å². The molecule has 1 aliphatic heterocycles. The van der Waals surface area contributed by atoms with Crippen molar-refractivity contribution in [3.63, 3.8) is 0 Å². The van der Waals surface area contributed by atoms with Gasteiger partial charge in [0, 0.05) is 12.0 Å². The normalized spacial score (nSPS) is 14.2. The summed E-state index contributed by atoms with van der Waals surface area (Å²) in [7, 11) is 0. The molecule has 1 N–H and O–H groups in total. The van der Waals surface area contributed by atoms with E-state index in [4.69, 9.17) is 0 Å². The molecular formula is C33H23F5N6O2S. The number of benzene rings is 4. The van der Waals surface area contributed by atoms with E-state index in [1.165, 1.54) is 46.2 Å². The van der Waals surface area contributed by atoms with E-state index >= 15 is 4.39 Å². The summed E-state index contributed by atoms with van der Waals surface area (Å²) in [6.07, 6.45) is -3.00. The predicted molar refractivity (Wildman–Crippen MR) is 169 cm³/mol. The SMILES string of the molecule is Cc1ccc(Cc2ccccc2F)c(N2C(=O)CS/C2=N\C(=O)Nc2ccc(-c3ncn(-c4ccc(C(F)(F)F)cc4)n3)cc2F)c1. The van der Waals surface area contributed by atoms with Gasteiger partial charge in [0.15, 0.2) is 11.0 Å². The van der Waals surface area contributed by atoms with Crippen LogP contribution in [-0.4, -0.2) is 37.6 Å². The number of aryl methyl sites for hydroxylation is 1. The third-order valence-electron chi connectivity index (χ3n) is 7.20. The van der Waals surface area contributed by atoms with Crippen molar-refractivity contribution in [3.8, 4) is 17.1 Å². The summed E-state index contributed by atoms with van der Waals surface area (Å²) in [6, 6.07) is 19.0. The summed E-state index contributed by atoms with van der Waals surface area (Å²) >= 11 is 1.05. The molecule has 0 atom stereocenters. The predicted octanol–water partition coefficient (Wildman–Crippen LogP) is 7.80. The number of amides is 3. The molecule has 0 bridgehead atoms. The Kier molecular flexibility index (Phi) is 8.60. The van der Waals surface area contributed by atoms with E-state index in [9.17, 15) is 27.2 Å². The highest BCUT2D eigenvalue weighted by Gasteiger charge is 2.32. The highest BCUT2D eigenvalue weighted by Crippen LogP contribution is 2.33. The molecule has 0 aliphatic carbocycles. The Balaban J connectivity index is 1.19. The van der Waals surface area contributed by atoms with Crippen molar-refractivity contribution in [1.82, 2.24) is 14.8 Å². The Bertz CT molecular complexity index is 2030. The summed E-state index contributed by atoms with van der Waals surface area (Å²) in [6.45, 7) is 1.84. The first-order valence-electron chi connectivity index (χ1n) is 14.0. The van der Waals surface area contributed by atoms with Gasteiger partial charge in [-0.25, -0.2) is 23.2 Å². The minimum atomic E-state index is -4.48. The molecule has 0 saturated carbocycles. The zero-order chi connectivity index (χ0) is 33.3. The zero-order valence-electron chi connectivity index (χ0n) is 24.4. The highest BCUT2D eigenvalue weighted by molar-refractivity contribution is 8.15. The molecule has 0 radical (unpaired) electrons. The Morgan fingerprint density at radius 2 is 1.72 bits per heavy atom. The van der Waals surface area contributed by atoms with Crippen molar-refractivity contribution in [1.29, 1.82) is 0 Å². The molecule has 0 unspecified atom stereocenters. The molecule has 1 saturated heterocycles. The highest BCUT2D eigenvalue weighted by atomic mass is 32.2. The van der Waals surface area contributed by atoms with E-state index in [0.717, 1.165) is 35.5 Å². The first kappa shape index (κ1) is 31.6. The van der Waals surface area contributed by atoms with E-state index in [1.807, 2.05) is 13.0 Å². The second-order valence-electron chi connectivity index (χ2n) is 10.5. The van der Waals surface area contributed by atoms with Crippen LogP contribution in [0, 0.1) is 18.6 Å². The van der Waals surface area contributed by atoms with Gasteiger partial charge < -0.3 is 5.32 Å². The van der Waals surface area contributed by atoms with Gasteiger partial charge in [-0.3, -0.25) is 9.69 Å². The minimum Gasteiger partial charge on any atom is -0.303 e. The van der Waals surface area contributed by atoms with Gasteiger partial charge in [-0.05, 0) is 78.2 Å². The molecule has 4 aromatic carbocycles. The average molecular weight is 663 g/mol. The monoisotopic (exact) mass is 662 g/mol. The first-order chi connectivity index (χ1) is 22.5. The second kappa shape index (κ2) is 12.8. The summed E-state index contributed by atoms with van der Waals surface area (Å²) in [5.41, 5.74) is 1.97. The van der Waals surface area contributed by atoms with Gasteiger partial charge in [0.05, 0.1) is 28.4 Å². The third kappa shape index (κ3) is 6.92. The quantitative estimate of drug-likeness (QED) is 0.188. The number of hydrogen-bond donors (Lipinski definition) is 1. The van der Waals surface area contributed by atoms with Crippen LogP contribution in [0.25, 0.3) is 17.1 Å². The number of thioether (sulfide) groups is 1. The van der Waals surface area contributed by atoms with E-state index < -0.39 is 23.6 Å². The standard InChI is InChI=1S/C33H23F5N6O2S/c1-19-6-7-21(15-20-4-2-3-5-25(20)34)28(14-19)44-29(45)17-47-32(44)41-31(46)40-27-13-8-22(16-26(27)35)30-39-18-43(42-30)24-11-9-23(10-12-24)33(36,37)38/h2-14,16,18H,15,17H2,1H3,(H,40,46)/b41-32-. The van der Waals surface area contributed by atoms with Crippen molar-refractivity contribution < 1.29 is 31.5 Å². The van der Waals surface area contributed by atoms with Crippen LogP contribution in [-0.2, 0) is 17.4 Å². The number of urea groups is 1.